The molecule has 1 aliphatic rings. The minimum absolute atomic E-state index is 0.0230. The number of hydrogen-bond donors (Lipinski definition) is 1. The summed E-state index contributed by atoms with van der Waals surface area (Å²) >= 11 is 0. The van der Waals surface area contributed by atoms with Crippen molar-refractivity contribution in [3.8, 4) is 0 Å². The summed E-state index contributed by atoms with van der Waals surface area (Å²) in [6, 6.07) is 0. The van der Waals surface area contributed by atoms with Crippen LogP contribution >= 0.6 is 0 Å². The fourth-order valence-electron chi connectivity index (χ4n) is 1.77. The normalized spacial score (nSPS) is 26.7. The first-order chi connectivity index (χ1) is 7.26. The Labute approximate surface area is 98.3 Å². The van der Waals surface area contributed by atoms with Crippen molar-refractivity contribution in [1.82, 2.24) is 10.2 Å². The van der Waals surface area contributed by atoms with Crippen molar-refractivity contribution in [3.05, 3.63) is 0 Å². The minimum atomic E-state index is -0.412. The van der Waals surface area contributed by atoms with Gasteiger partial charge in [0.15, 0.2) is 0 Å². The van der Waals surface area contributed by atoms with Gasteiger partial charge in [0.05, 0.1) is 0 Å². The number of carbonyl (C=O) groups is 1. The second kappa shape index (κ2) is 4.62. The van der Waals surface area contributed by atoms with E-state index in [2.05, 4.69) is 19.2 Å². The molecular weight excluding hydrogens is 204 g/mol. The van der Waals surface area contributed by atoms with E-state index in [0.29, 0.717) is 0 Å². The molecular formula is C12H24N2O2. The Morgan fingerprint density at radius 3 is 2.62 bits per heavy atom. The van der Waals surface area contributed by atoms with Crippen molar-refractivity contribution in [3.63, 3.8) is 0 Å². The van der Waals surface area contributed by atoms with E-state index in [1.165, 1.54) is 0 Å². The van der Waals surface area contributed by atoms with Crippen LogP contribution in [0.4, 0.5) is 4.79 Å². The van der Waals surface area contributed by atoms with E-state index in [1.807, 2.05) is 20.8 Å². The molecule has 0 spiro atoms. The van der Waals surface area contributed by atoms with Gasteiger partial charge in [0.2, 0.25) is 0 Å². The van der Waals surface area contributed by atoms with E-state index in [0.717, 1.165) is 26.1 Å². The lowest BCUT2D eigenvalue weighted by Gasteiger charge is -2.41. The third kappa shape index (κ3) is 3.67. The molecule has 4 nitrogen and oxygen atoms in total. The second-order valence-corrected chi connectivity index (χ2v) is 5.74. The summed E-state index contributed by atoms with van der Waals surface area (Å²) in [5, 5.41) is 3.44. The molecule has 0 aromatic carbocycles. The van der Waals surface area contributed by atoms with Crippen LogP contribution in [0.3, 0.4) is 0 Å². The number of ether oxygens (including phenoxy) is 1. The lowest BCUT2D eigenvalue weighted by atomic mass is 9.96. The lowest BCUT2D eigenvalue weighted by Crippen LogP contribution is -2.60. The highest BCUT2D eigenvalue weighted by atomic mass is 16.6. The van der Waals surface area contributed by atoms with Gasteiger partial charge < -0.3 is 15.0 Å². The Morgan fingerprint density at radius 1 is 1.50 bits per heavy atom. The largest absolute Gasteiger partial charge is 0.444 e. The first kappa shape index (κ1) is 13.3. The van der Waals surface area contributed by atoms with Gasteiger partial charge in [0.25, 0.3) is 0 Å². The fourth-order valence-corrected chi connectivity index (χ4v) is 1.77. The number of piperazine rings is 1. The summed E-state index contributed by atoms with van der Waals surface area (Å²) in [5.74, 6) is 0. The highest BCUT2D eigenvalue weighted by Gasteiger charge is 2.33. The number of carbonyl (C=O) groups excluding carboxylic acids is 1. The second-order valence-electron chi connectivity index (χ2n) is 5.74. The van der Waals surface area contributed by atoms with Crippen LogP contribution in [-0.4, -0.2) is 41.8 Å². The highest BCUT2D eigenvalue weighted by Crippen LogP contribution is 2.17. The van der Waals surface area contributed by atoms with Gasteiger partial charge >= 0.3 is 6.09 Å². The Bertz CT molecular complexity index is 260. The summed E-state index contributed by atoms with van der Waals surface area (Å²) in [4.78, 5) is 13.7. The van der Waals surface area contributed by atoms with E-state index in [-0.39, 0.29) is 11.6 Å². The van der Waals surface area contributed by atoms with Gasteiger partial charge in [0.1, 0.15) is 5.60 Å². The number of nitrogens with one attached hydrogen (secondary N) is 1. The maximum absolute atomic E-state index is 11.9. The van der Waals surface area contributed by atoms with E-state index >= 15 is 0 Å². The SMILES string of the molecule is CCC1(C)CN(C(=O)OC(C)(C)C)CCN1. The van der Waals surface area contributed by atoms with Crippen molar-refractivity contribution < 1.29 is 9.53 Å². The summed E-state index contributed by atoms with van der Waals surface area (Å²) in [6.45, 7) is 12.2. The molecule has 1 heterocycles. The molecule has 16 heavy (non-hydrogen) atoms. The molecule has 1 N–H and O–H groups in total. The molecule has 0 radical (unpaired) electrons. The topological polar surface area (TPSA) is 41.6 Å². The number of hydrogen-bond acceptors (Lipinski definition) is 3. The lowest BCUT2D eigenvalue weighted by molar-refractivity contribution is 0.0133. The quantitative estimate of drug-likeness (QED) is 0.746. The third-order valence-corrected chi connectivity index (χ3v) is 2.91. The van der Waals surface area contributed by atoms with Crippen molar-refractivity contribution in [2.75, 3.05) is 19.6 Å². The van der Waals surface area contributed by atoms with E-state index in [9.17, 15) is 4.79 Å². The maximum atomic E-state index is 11.9. The van der Waals surface area contributed by atoms with E-state index in [1.54, 1.807) is 4.90 Å². The maximum Gasteiger partial charge on any atom is 0.410 e. The van der Waals surface area contributed by atoms with Crippen LogP contribution in [0.2, 0.25) is 0 Å². The standard InChI is InChI=1S/C12H24N2O2/c1-6-12(5)9-14(8-7-13-12)10(15)16-11(2,3)4/h13H,6-9H2,1-5H3. The predicted octanol–water partition coefficient (Wildman–Crippen LogP) is 2.00. The van der Waals surface area contributed by atoms with Gasteiger partial charge in [-0.15, -0.1) is 0 Å². The van der Waals surface area contributed by atoms with Crippen LogP contribution < -0.4 is 5.32 Å². The molecule has 0 aliphatic carbocycles. The molecule has 0 saturated carbocycles. The molecule has 1 fully saturated rings. The summed E-state index contributed by atoms with van der Waals surface area (Å²) in [5.41, 5.74) is -0.389. The van der Waals surface area contributed by atoms with Crippen molar-refractivity contribution in [2.24, 2.45) is 0 Å². The van der Waals surface area contributed by atoms with Gasteiger partial charge in [-0.25, -0.2) is 4.79 Å². The van der Waals surface area contributed by atoms with Gasteiger partial charge in [-0.05, 0) is 34.1 Å². The van der Waals surface area contributed by atoms with Crippen molar-refractivity contribution >= 4 is 6.09 Å². The monoisotopic (exact) mass is 228 g/mol. The van der Waals surface area contributed by atoms with Crippen LogP contribution in [0.25, 0.3) is 0 Å². The highest BCUT2D eigenvalue weighted by molar-refractivity contribution is 5.68. The molecule has 1 atom stereocenters. The molecule has 94 valence electrons. The van der Waals surface area contributed by atoms with Gasteiger partial charge in [-0.3, -0.25) is 0 Å². The minimum Gasteiger partial charge on any atom is -0.444 e. The van der Waals surface area contributed by atoms with Crippen LogP contribution in [0.1, 0.15) is 41.0 Å². The first-order valence-corrected chi connectivity index (χ1v) is 5.99. The zero-order chi connectivity index (χ0) is 12.4. The average molecular weight is 228 g/mol. The van der Waals surface area contributed by atoms with Crippen LogP contribution in [0.5, 0.6) is 0 Å². The zero-order valence-electron chi connectivity index (χ0n) is 11.1. The molecule has 1 saturated heterocycles. The molecule has 4 heteroatoms. The number of amides is 1. The third-order valence-electron chi connectivity index (χ3n) is 2.91. The van der Waals surface area contributed by atoms with Crippen LogP contribution in [0, 0.1) is 0 Å². The van der Waals surface area contributed by atoms with E-state index in [4.69, 9.17) is 4.74 Å². The Kier molecular flexibility index (Phi) is 3.84. The van der Waals surface area contributed by atoms with Gasteiger partial charge in [-0.2, -0.15) is 0 Å². The average Bonchev–Trinajstić information content (AvgIpc) is 2.15. The Hall–Kier alpha value is -0.770. The molecule has 0 aromatic rings. The smallest absolute Gasteiger partial charge is 0.410 e. The number of nitrogens with zero attached hydrogens (tertiary/aromatic N) is 1. The van der Waals surface area contributed by atoms with E-state index < -0.39 is 5.60 Å². The zero-order valence-corrected chi connectivity index (χ0v) is 11.1. The Morgan fingerprint density at radius 2 is 2.12 bits per heavy atom. The van der Waals surface area contributed by atoms with Crippen LogP contribution in [0.15, 0.2) is 0 Å². The Balaban J connectivity index is 2.57. The number of rotatable bonds is 1. The summed E-state index contributed by atoms with van der Waals surface area (Å²) < 4.78 is 5.37. The van der Waals surface area contributed by atoms with Crippen LogP contribution in [-0.2, 0) is 4.74 Å². The van der Waals surface area contributed by atoms with Gasteiger partial charge in [0, 0.05) is 25.2 Å². The van der Waals surface area contributed by atoms with Crippen molar-refractivity contribution in [1.29, 1.82) is 0 Å². The van der Waals surface area contributed by atoms with Gasteiger partial charge in [-0.1, -0.05) is 6.92 Å². The molecule has 0 aromatic heterocycles. The summed E-state index contributed by atoms with van der Waals surface area (Å²) in [7, 11) is 0. The first-order valence-electron chi connectivity index (χ1n) is 5.99. The molecule has 1 aliphatic heterocycles. The molecule has 1 unspecified atom stereocenters. The molecule has 0 bridgehead atoms. The van der Waals surface area contributed by atoms with Crippen molar-refractivity contribution in [2.45, 2.75) is 52.2 Å². The summed E-state index contributed by atoms with van der Waals surface area (Å²) in [6.07, 6.45) is 0.806. The fraction of sp³-hybridized carbons (Fsp3) is 0.917. The predicted molar refractivity (Wildman–Crippen MR) is 64.5 cm³/mol. The molecule has 1 amide bonds. The molecule has 1 rings (SSSR count).